The maximum absolute atomic E-state index is 12.8. The van der Waals surface area contributed by atoms with Crippen molar-refractivity contribution in [2.24, 2.45) is 0 Å². The first-order chi connectivity index (χ1) is 9.47. The van der Waals surface area contributed by atoms with Crippen LogP contribution >= 0.6 is 11.6 Å². The maximum Gasteiger partial charge on any atom is 0.254 e. The number of halogens is 2. The largest absolute Gasteiger partial charge is 0.397 e. The lowest BCUT2D eigenvalue weighted by molar-refractivity contribution is 0.0940. The summed E-state index contributed by atoms with van der Waals surface area (Å²) in [7, 11) is 0. The van der Waals surface area contributed by atoms with Gasteiger partial charge in [0.05, 0.1) is 23.5 Å². The number of carbonyl (C=O) groups excluding carboxylic acids is 1. The normalized spacial score (nSPS) is 11.9. The van der Waals surface area contributed by atoms with E-state index in [1.54, 1.807) is 19.1 Å². The zero-order valence-corrected chi connectivity index (χ0v) is 11.5. The number of nitrogen functional groups attached to an aromatic ring is 1. The summed E-state index contributed by atoms with van der Waals surface area (Å²) in [5.41, 5.74) is 6.99. The third-order valence-electron chi connectivity index (χ3n) is 2.86. The highest BCUT2D eigenvalue weighted by Gasteiger charge is 2.14. The lowest BCUT2D eigenvalue weighted by Crippen LogP contribution is -2.27. The maximum atomic E-state index is 12.8. The predicted molar refractivity (Wildman–Crippen MR) is 75.9 cm³/mol. The van der Waals surface area contributed by atoms with Gasteiger partial charge in [0.25, 0.3) is 5.91 Å². The molecule has 1 aromatic heterocycles. The van der Waals surface area contributed by atoms with Crippen LogP contribution in [0.5, 0.6) is 0 Å². The van der Waals surface area contributed by atoms with Crippen LogP contribution in [-0.4, -0.2) is 10.9 Å². The van der Waals surface area contributed by atoms with E-state index in [1.165, 1.54) is 24.4 Å². The number of aromatic nitrogens is 1. The number of nitrogens with one attached hydrogen (secondary N) is 1. The molecule has 1 atom stereocenters. The van der Waals surface area contributed by atoms with Crippen molar-refractivity contribution in [3.63, 3.8) is 0 Å². The van der Waals surface area contributed by atoms with Gasteiger partial charge in [-0.2, -0.15) is 0 Å². The van der Waals surface area contributed by atoms with E-state index in [2.05, 4.69) is 10.3 Å². The molecule has 1 amide bonds. The standard InChI is InChI=1S/C14H13ClFN3O/c1-8(9-2-4-10(16)5-3-9)19-14(20)11-6-13(15)18-7-12(11)17/h2-8H,17H2,1H3,(H,19,20). The average molecular weight is 294 g/mol. The molecular weight excluding hydrogens is 281 g/mol. The number of rotatable bonds is 3. The molecule has 0 spiro atoms. The van der Waals surface area contributed by atoms with Gasteiger partial charge < -0.3 is 11.1 Å². The first-order valence-corrected chi connectivity index (χ1v) is 6.32. The minimum Gasteiger partial charge on any atom is -0.397 e. The number of nitrogens with zero attached hydrogens (tertiary/aromatic N) is 1. The van der Waals surface area contributed by atoms with Gasteiger partial charge >= 0.3 is 0 Å². The molecule has 0 saturated heterocycles. The van der Waals surface area contributed by atoms with Gasteiger partial charge in [-0.1, -0.05) is 23.7 Å². The van der Waals surface area contributed by atoms with Crippen molar-refractivity contribution in [1.82, 2.24) is 10.3 Å². The summed E-state index contributed by atoms with van der Waals surface area (Å²) in [5, 5.41) is 2.97. The highest BCUT2D eigenvalue weighted by atomic mass is 35.5. The molecule has 0 radical (unpaired) electrons. The van der Waals surface area contributed by atoms with E-state index in [-0.39, 0.29) is 34.2 Å². The zero-order valence-electron chi connectivity index (χ0n) is 10.7. The van der Waals surface area contributed by atoms with Gasteiger partial charge in [0.1, 0.15) is 11.0 Å². The third-order valence-corrected chi connectivity index (χ3v) is 3.07. The van der Waals surface area contributed by atoms with Crippen LogP contribution in [-0.2, 0) is 0 Å². The molecule has 0 saturated carbocycles. The second kappa shape index (κ2) is 5.88. The van der Waals surface area contributed by atoms with E-state index in [0.29, 0.717) is 0 Å². The van der Waals surface area contributed by atoms with E-state index in [4.69, 9.17) is 17.3 Å². The smallest absolute Gasteiger partial charge is 0.254 e. The van der Waals surface area contributed by atoms with Gasteiger partial charge in [0.2, 0.25) is 0 Å². The number of nitrogens with two attached hydrogens (primary N) is 1. The molecule has 2 rings (SSSR count). The van der Waals surface area contributed by atoms with Gasteiger partial charge in [-0.05, 0) is 30.7 Å². The van der Waals surface area contributed by atoms with Crippen molar-refractivity contribution in [3.05, 3.63) is 58.6 Å². The SMILES string of the molecule is CC(NC(=O)c1cc(Cl)ncc1N)c1ccc(F)cc1. The minimum atomic E-state index is -0.358. The van der Waals surface area contributed by atoms with Crippen molar-refractivity contribution in [3.8, 4) is 0 Å². The van der Waals surface area contributed by atoms with Gasteiger partial charge in [-0.15, -0.1) is 0 Å². The van der Waals surface area contributed by atoms with E-state index < -0.39 is 0 Å². The molecule has 20 heavy (non-hydrogen) atoms. The molecule has 104 valence electrons. The molecular formula is C14H13ClFN3O. The molecule has 0 aliphatic rings. The fraction of sp³-hybridized carbons (Fsp3) is 0.143. The molecule has 1 heterocycles. The fourth-order valence-corrected chi connectivity index (χ4v) is 1.90. The van der Waals surface area contributed by atoms with E-state index >= 15 is 0 Å². The number of carbonyl (C=O) groups is 1. The highest BCUT2D eigenvalue weighted by molar-refractivity contribution is 6.29. The van der Waals surface area contributed by atoms with Crippen molar-refractivity contribution in [2.75, 3.05) is 5.73 Å². The Morgan fingerprint density at radius 3 is 2.70 bits per heavy atom. The Bertz CT molecular complexity index is 631. The molecule has 0 aliphatic carbocycles. The van der Waals surface area contributed by atoms with Crippen LogP contribution < -0.4 is 11.1 Å². The summed E-state index contributed by atoms with van der Waals surface area (Å²) in [6.45, 7) is 1.80. The summed E-state index contributed by atoms with van der Waals surface area (Å²) in [6.07, 6.45) is 1.33. The predicted octanol–water partition coefficient (Wildman–Crippen LogP) is 2.95. The topological polar surface area (TPSA) is 68.0 Å². The summed E-state index contributed by atoms with van der Waals surface area (Å²) in [5.74, 6) is -0.680. The molecule has 1 unspecified atom stereocenters. The second-order valence-electron chi connectivity index (χ2n) is 4.34. The van der Waals surface area contributed by atoms with Gasteiger partial charge in [0, 0.05) is 0 Å². The monoisotopic (exact) mass is 293 g/mol. The quantitative estimate of drug-likeness (QED) is 0.855. The molecule has 1 aromatic carbocycles. The number of benzene rings is 1. The Balaban J connectivity index is 2.15. The highest BCUT2D eigenvalue weighted by Crippen LogP contribution is 2.18. The van der Waals surface area contributed by atoms with Crippen LogP contribution in [0, 0.1) is 5.82 Å². The van der Waals surface area contributed by atoms with Gasteiger partial charge in [0.15, 0.2) is 0 Å². The number of pyridine rings is 1. The lowest BCUT2D eigenvalue weighted by Gasteiger charge is -2.15. The fourth-order valence-electron chi connectivity index (χ4n) is 1.75. The molecule has 0 aliphatic heterocycles. The Hall–Kier alpha value is -2.14. The molecule has 2 aromatic rings. The lowest BCUT2D eigenvalue weighted by atomic mass is 10.1. The Morgan fingerprint density at radius 2 is 2.05 bits per heavy atom. The van der Waals surface area contributed by atoms with Crippen molar-refractivity contribution in [2.45, 2.75) is 13.0 Å². The zero-order chi connectivity index (χ0) is 14.7. The van der Waals surface area contributed by atoms with Crippen LogP contribution in [0.15, 0.2) is 36.5 Å². The van der Waals surface area contributed by atoms with Crippen LogP contribution in [0.1, 0.15) is 28.9 Å². The first kappa shape index (κ1) is 14.3. The number of hydrogen-bond donors (Lipinski definition) is 2. The van der Waals surface area contributed by atoms with Gasteiger partial charge in [-0.25, -0.2) is 9.37 Å². The number of anilines is 1. The first-order valence-electron chi connectivity index (χ1n) is 5.94. The van der Waals surface area contributed by atoms with Crippen LogP contribution in [0.2, 0.25) is 5.15 Å². The van der Waals surface area contributed by atoms with Crippen LogP contribution in [0.25, 0.3) is 0 Å². The minimum absolute atomic E-state index is 0.193. The molecule has 4 nitrogen and oxygen atoms in total. The number of hydrogen-bond acceptors (Lipinski definition) is 3. The van der Waals surface area contributed by atoms with E-state index in [0.717, 1.165) is 5.56 Å². The van der Waals surface area contributed by atoms with Crippen LogP contribution in [0.4, 0.5) is 10.1 Å². The van der Waals surface area contributed by atoms with E-state index in [1.807, 2.05) is 0 Å². The second-order valence-corrected chi connectivity index (χ2v) is 4.73. The summed E-state index contributed by atoms with van der Waals surface area (Å²) in [6, 6.07) is 7.04. The summed E-state index contributed by atoms with van der Waals surface area (Å²) >= 11 is 5.74. The Morgan fingerprint density at radius 1 is 1.40 bits per heavy atom. The van der Waals surface area contributed by atoms with Crippen LogP contribution in [0.3, 0.4) is 0 Å². The Labute approximate surface area is 120 Å². The molecule has 3 N–H and O–H groups in total. The van der Waals surface area contributed by atoms with E-state index in [9.17, 15) is 9.18 Å². The third kappa shape index (κ3) is 3.24. The summed E-state index contributed by atoms with van der Waals surface area (Å²) in [4.78, 5) is 15.9. The molecule has 0 bridgehead atoms. The van der Waals surface area contributed by atoms with Gasteiger partial charge in [-0.3, -0.25) is 4.79 Å². The molecule has 0 fully saturated rings. The van der Waals surface area contributed by atoms with Crippen molar-refractivity contribution < 1.29 is 9.18 Å². The summed E-state index contributed by atoms with van der Waals surface area (Å²) < 4.78 is 12.8. The Kier molecular flexibility index (Phi) is 4.20. The molecule has 6 heteroatoms. The number of amides is 1. The van der Waals surface area contributed by atoms with Crippen molar-refractivity contribution in [1.29, 1.82) is 0 Å². The van der Waals surface area contributed by atoms with Crippen molar-refractivity contribution >= 4 is 23.2 Å². The average Bonchev–Trinajstić information content (AvgIpc) is 2.42.